The lowest BCUT2D eigenvalue weighted by Gasteiger charge is -2.11. The van der Waals surface area contributed by atoms with Crippen molar-refractivity contribution in [1.29, 1.82) is 0 Å². The second-order valence-electron chi connectivity index (χ2n) is 10.7. The van der Waals surface area contributed by atoms with E-state index < -0.39 is 0 Å². The van der Waals surface area contributed by atoms with Gasteiger partial charge < -0.3 is 8.98 Å². The van der Waals surface area contributed by atoms with E-state index in [1.165, 1.54) is 5.39 Å². The number of hydrogen-bond acceptors (Lipinski definition) is 3. The summed E-state index contributed by atoms with van der Waals surface area (Å²) < 4.78 is 13.2. The van der Waals surface area contributed by atoms with Crippen molar-refractivity contribution in [1.82, 2.24) is 23.7 Å². The first-order valence-electron chi connectivity index (χ1n) is 14.0. The second kappa shape index (κ2) is 7.86. The van der Waals surface area contributed by atoms with Gasteiger partial charge in [-0.1, -0.05) is 66.7 Å². The summed E-state index contributed by atoms with van der Waals surface area (Å²) in [6.45, 7) is 0. The highest BCUT2D eigenvalue weighted by atomic mass is 16.3. The van der Waals surface area contributed by atoms with Crippen LogP contribution in [0.2, 0.25) is 0 Å². The van der Waals surface area contributed by atoms with Crippen molar-refractivity contribution in [2.45, 2.75) is 0 Å². The molecule has 6 heteroatoms. The van der Waals surface area contributed by atoms with Gasteiger partial charge in [0.1, 0.15) is 11.1 Å². The van der Waals surface area contributed by atoms with Crippen LogP contribution in [0.4, 0.5) is 0 Å². The topological polar surface area (TPSA) is 53.2 Å². The minimum atomic E-state index is 0.811. The Kier molecular flexibility index (Phi) is 4.10. The van der Waals surface area contributed by atoms with E-state index in [2.05, 4.69) is 100 Å². The van der Waals surface area contributed by atoms with Crippen LogP contribution in [-0.4, -0.2) is 23.7 Å². The quantitative estimate of drug-likeness (QED) is 0.221. The summed E-state index contributed by atoms with van der Waals surface area (Å²) in [6.07, 6.45) is 1.81. The number of imidazole rings is 1. The maximum absolute atomic E-state index is 6.62. The zero-order chi connectivity index (χ0) is 27.4. The van der Waals surface area contributed by atoms with Crippen LogP contribution in [-0.2, 0) is 0 Å². The van der Waals surface area contributed by atoms with Gasteiger partial charge in [-0.2, -0.15) is 9.61 Å². The third-order valence-electron chi connectivity index (χ3n) is 8.51. The summed E-state index contributed by atoms with van der Waals surface area (Å²) in [5, 5.41) is 10.4. The molecule has 0 bridgehead atoms. The first kappa shape index (κ1) is 21.9. The molecular formula is C36H21N5O. The van der Waals surface area contributed by atoms with Crippen LogP contribution in [0.5, 0.6) is 0 Å². The zero-order valence-electron chi connectivity index (χ0n) is 22.3. The average Bonchev–Trinajstić information content (AvgIpc) is 3.78. The minimum Gasteiger partial charge on any atom is -0.454 e. The SMILES string of the molecule is c1ccc(-n2c3cccc(-n4c5ccccc5c5ccc6c7ccccc7oc6c54)c3c3nc4cccnn4c32)cc1. The molecule has 0 saturated carbocycles. The Balaban J connectivity index is 1.45. The van der Waals surface area contributed by atoms with Crippen LogP contribution in [0, 0.1) is 0 Å². The Bertz CT molecular complexity index is 2690. The van der Waals surface area contributed by atoms with Gasteiger partial charge in [0.2, 0.25) is 0 Å². The fourth-order valence-electron chi connectivity index (χ4n) is 6.82. The number of fused-ring (bicyclic) bond motifs is 12. The molecule has 0 N–H and O–H groups in total. The summed E-state index contributed by atoms with van der Waals surface area (Å²) in [7, 11) is 0. The van der Waals surface area contributed by atoms with Gasteiger partial charge in [0, 0.05) is 33.4 Å². The molecule has 5 aromatic heterocycles. The predicted octanol–water partition coefficient (Wildman–Crippen LogP) is 8.82. The van der Waals surface area contributed by atoms with E-state index in [-0.39, 0.29) is 0 Å². The molecule has 0 spiro atoms. The van der Waals surface area contributed by atoms with Gasteiger partial charge in [0.05, 0.1) is 27.6 Å². The van der Waals surface area contributed by atoms with E-state index >= 15 is 0 Å². The highest BCUT2D eigenvalue weighted by Gasteiger charge is 2.25. The molecule has 6 nitrogen and oxygen atoms in total. The molecule has 5 heterocycles. The first-order valence-corrected chi connectivity index (χ1v) is 14.0. The molecule has 0 unspecified atom stereocenters. The van der Waals surface area contributed by atoms with E-state index in [4.69, 9.17) is 14.5 Å². The highest BCUT2D eigenvalue weighted by Crippen LogP contribution is 2.43. The summed E-state index contributed by atoms with van der Waals surface area (Å²) in [6, 6.07) is 42.2. The molecule has 0 aliphatic carbocycles. The molecule has 0 aliphatic rings. The molecule has 42 heavy (non-hydrogen) atoms. The largest absolute Gasteiger partial charge is 0.454 e. The molecule has 0 fully saturated rings. The van der Waals surface area contributed by atoms with Gasteiger partial charge in [-0.15, -0.1) is 0 Å². The predicted molar refractivity (Wildman–Crippen MR) is 169 cm³/mol. The van der Waals surface area contributed by atoms with Crippen molar-refractivity contribution in [3.8, 4) is 11.4 Å². The van der Waals surface area contributed by atoms with E-state index in [1.807, 2.05) is 41.0 Å². The molecule has 0 amide bonds. The van der Waals surface area contributed by atoms with E-state index in [0.29, 0.717) is 0 Å². The van der Waals surface area contributed by atoms with Crippen molar-refractivity contribution in [3.05, 3.63) is 128 Å². The molecule has 10 rings (SSSR count). The monoisotopic (exact) mass is 539 g/mol. The van der Waals surface area contributed by atoms with Gasteiger partial charge in [-0.3, -0.25) is 4.57 Å². The minimum absolute atomic E-state index is 0.811. The smallest absolute Gasteiger partial charge is 0.168 e. The molecule has 0 aliphatic heterocycles. The van der Waals surface area contributed by atoms with Crippen molar-refractivity contribution in [2.24, 2.45) is 0 Å². The van der Waals surface area contributed by atoms with Crippen molar-refractivity contribution in [2.75, 3.05) is 0 Å². The summed E-state index contributed by atoms with van der Waals surface area (Å²) >= 11 is 0. The summed E-state index contributed by atoms with van der Waals surface area (Å²) in [4.78, 5) is 5.16. The number of hydrogen-bond donors (Lipinski definition) is 0. The third kappa shape index (κ3) is 2.68. The Morgan fingerprint density at radius 2 is 1.36 bits per heavy atom. The number of furan rings is 1. The molecule has 0 saturated heterocycles. The fraction of sp³-hybridized carbons (Fsp3) is 0. The van der Waals surface area contributed by atoms with Gasteiger partial charge >= 0.3 is 0 Å². The van der Waals surface area contributed by atoms with Gasteiger partial charge in [0.15, 0.2) is 16.9 Å². The Labute approximate surface area is 238 Å². The number of rotatable bonds is 2. The average molecular weight is 540 g/mol. The Morgan fingerprint density at radius 1 is 0.571 bits per heavy atom. The normalized spacial score (nSPS) is 12.3. The Morgan fingerprint density at radius 3 is 2.29 bits per heavy atom. The maximum atomic E-state index is 6.62. The van der Waals surface area contributed by atoms with Crippen LogP contribution >= 0.6 is 0 Å². The Hall–Kier alpha value is -5.88. The summed E-state index contributed by atoms with van der Waals surface area (Å²) in [5.41, 5.74) is 9.79. The zero-order valence-corrected chi connectivity index (χ0v) is 22.3. The van der Waals surface area contributed by atoms with Crippen molar-refractivity contribution < 1.29 is 4.42 Å². The second-order valence-corrected chi connectivity index (χ2v) is 10.7. The molecule has 0 atom stereocenters. The maximum Gasteiger partial charge on any atom is 0.168 e. The summed E-state index contributed by atoms with van der Waals surface area (Å²) in [5.74, 6) is 0. The number of benzene rings is 5. The standard InChI is InChI=1S/C36H21N5O/c1-2-10-22(11-3-1)39-28-15-8-16-29(32(28)33-36(39)41-31(38-33)18-9-21-37-41)40-27-14-6-4-12-23(27)25-19-20-26-24-13-5-7-17-30(24)42-35(26)34(25)40/h1-21H. The molecule has 10 aromatic rings. The van der Waals surface area contributed by atoms with Gasteiger partial charge in [0.25, 0.3) is 0 Å². The van der Waals surface area contributed by atoms with E-state index in [1.54, 1.807) is 0 Å². The fourth-order valence-corrected chi connectivity index (χ4v) is 6.82. The lowest BCUT2D eigenvalue weighted by atomic mass is 10.1. The molecule has 0 radical (unpaired) electrons. The lowest BCUT2D eigenvalue weighted by molar-refractivity contribution is 0.671. The lowest BCUT2D eigenvalue weighted by Crippen LogP contribution is -2.00. The number of aromatic nitrogens is 5. The van der Waals surface area contributed by atoms with Gasteiger partial charge in [-0.25, -0.2) is 4.98 Å². The van der Waals surface area contributed by atoms with E-state index in [9.17, 15) is 0 Å². The van der Waals surface area contributed by atoms with E-state index in [0.717, 1.165) is 77.4 Å². The molecular weight excluding hydrogens is 518 g/mol. The van der Waals surface area contributed by atoms with Crippen LogP contribution < -0.4 is 0 Å². The molecule has 196 valence electrons. The molecule has 5 aromatic carbocycles. The van der Waals surface area contributed by atoms with Crippen LogP contribution in [0.1, 0.15) is 0 Å². The van der Waals surface area contributed by atoms with Gasteiger partial charge in [-0.05, 0) is 54.6 Å². The number of nitrogens with zero attached hydrogens (tertiary/aromatic N) is 5. The van der Waals surface area contributed by atoms with Crippen LogP contribution in [0.25, 0.3) is 82.8 Å². The van der Waals surface area contributed by atoms with Crippen molar-refractivity contribution in [3.63, 3.8) is 0 Å². The van der Waals surface area contributed by atoms with Crippen molar-refractivity contribution >= 4 is 71.5 Å². The number of para-hydroxylation sites is 3. The first-order chi connectivity index (χ1) is 20.9. The van der Waals surface area contributed by atoms with Crippen LogP contribution in [0.3, 0.4) is 0 Å². The highest BCUT2D eigenvalue weighted by molar-refractivity contribution is 6.23. The van der Waals surface area contributed by atoms with Crippen LogP contribution in [0.15, 0.2) is 132 Å². The third-order valence-corrected chi connectivity index (χ3v) is 8.51.